The molecule has 0 spiro atoms. The van der Waals surface area contributed by atoms with Crippen molar-refractivity contribution in [3.8, 4) is 11.6 Å². The fraction of sp³-hybridized carbons (Fsp3) is 0.214. The second kappa shape index (κ2) is 6.21. The quantitative estimate of drug-likeness (QED) is 0.766. The molecule has 0 atom stereocenters. The minimum Gasteiger partial charge on any atom is -0.438 e. The maximum atomic E-state index is 5.83. The van der Waals surface area contributed by atoms with Crippen molar-refractivity contribution in [1.29, 1.82) is 0 Å². The average molecular weight is 327 g/mol. The molecule has 18 heavy (non-hydrogen) atoms. The maximum Gasteiger partial charge on any atom is 0.233 e. The minimum atomic E-state index is 0.516. The van der Waals surface area contributed by atoms with E-state index in [4.69, 9.17) is 16.3 Å². The van der Waals surface area contributed by atoms with Crippen LogP contribution in [0, 0.1) is 0 Å². The van der Waals surface area contributed by atoms with Crippen molar-refractivity contribution in [2.45, 2.75) is 19.8 Å². The predicted octanol–water partition coefficient (Wildman–Crippen LogP) is 5.24. The average Bonchev–Trinajstić information content (AvgIpc) is 2.35. The predicted molar refractivity (Wildman–Crippen MR) is 77.5 cm³/mol. The van der Waals surface area contributed by atoms with Crippen molar-refractivity contribution in [1.82, 2.24) is 4.98 Å². The van der Waals surface area contributed by atoms with Crippen LogP contribution in [0.5, 0.6) is 11.6 Å². The highest BCUT2D eigenvalue weighted by molar-refractivity contribution is 9.10. The largest absolute Gasteiger partial charge is 0.438 e. The Hall–Kier alpha value is -1.06. The van der Waals surface area contributed by atoms with E-state index in [9.17, 15) is 0 Å². The van der Waals surface area contributed by atoms with Gasteiger partial charge in [0.15, 0.2) is 0 Å². The fourth-order valence-electron chi connectivity index (χ4n) is 1.60. The Morgan fingerprint density at radius 1 is 1.28 bits per heavy atom. The maximum absolute atomic E-state index is 5.83. The molecule has 0 saturated carbocycles. The number of hydrogen-bond donors (Lipinski definition) is 0. The number of pyridine rings is 1. The van der Waals surface area contributed by atoms with E-state index in [2.05, 4.69) is 40.0 Å². The van der Waals surface area contributed by atoms with Gasteiger partial charge in [-0.1, -0.05) is 37.1 Å². The molecule has 0 fully saturated rings. The van der Waals surface area contributed by atoms with E-state index in [1.54, 1.807) is 12.3 Å². The van der Waals surface area contributed by atoms with Gasteiger partial charge >= 0.3 is 0 Å². The molecule has 94 valence electrons. The summed E-state index contributed by atoms with van der Waals surface area (Å²) >= 11 is 9.20. The minimum absolute atomic E-state index is 0.516. The van der Waals surface area contributed by atoms with E-state index < -0.39 is 0 Å². The summed E-state index contributed by atoms with van der Waals surface area (Å²) in [6, 6.07) is 9.81. The van der Waals surface area contributed by atoms with Gasteiger partial charge in [-0.2, -0.15) is 0 Å². The molecule has 0 unspecified atom stereocenters. The van der Waals surface area contributed by atoms with Gasteiger partial charge < -0.3 is 4.74 Å². The van der Waals surface area contributed by atoms with Gasteiger partial charge in [-0.25, -0.2) is 4.98 Å². The van der Waals surface area contributed by atoms with Crippen molar-refractivity contribution in [2.75, 3.05) is 0 Å². The normalized spacial score (nSPS) is 10.4. The van der Waals surface area contributed by atoms with Gasteiger partial charge in [0.05, 0.1) is 9.50 Å². The molecule has 2 rings (SSSR count). The van der Waals surface area contributed by atoms with Crippen molar-refractivity contribution < 1.29 is 4.74 Å². The summed E-state index contributed by atoms with van der Waals surface area (Å²) in [6.07, 6.45) is 3.79. The molecule has 0 aliphatic rings. The van der Waals surface area contributed by atoms with Crippen LogP contribution in [-0.2, 0) is 6.42 Å². The molecule has 4 heteroatoms. The highest BCUT2D eigenvalue weighted by Crippen LogP contribution is 2.29. The Kier molecular flexibility index (Phi) is 4.61. The first-order chi connectivity index (χ1) is 8.69. The highest BCUT2D eigenvalue weighted by Gasteiger charge is 2.05. The van der Waals surface area contributed by atoms with Gasteiger partial charge in [0.2, 0.25) is 5.88 Å². The van der Waals surface area contributed by atoms with E-state index in [0.29, 0.717) is 10.9 Å². The molecular formula is C14H13BrClNO. The van der Waals surface area contributed by atoms with Crippen molar-refractivity contribution >= 4 is 27.5 Å². The number of hydrogen-bond acceptors (Lipinski definition) is 2. The summed E-state index contributed by atoms with van der Waals surface area (Å²) in [5.41, 5.74) is 1.31. The molecule has 2 aromatic rings. The lowest BCUT2D eigenvalue weighted by molar-refractivity contribution is 0.459. The van der Waals surface area contributed by atoms with Crippen LogP contribution in [0.25, 0.3) is 0 Å². The molecule has 0 amide bonds. The molecule has 0 aliphatic carbocycles. The molecule has 0 N–H and O–H groups in total. The van der Waals surface area contributed by atoms with Crippen LogP contribution in [-0.4, -0.2) is 4.98 Å². The summed E-state index contributed by atoms with van der Waals surface area (Å²) in [4.78, 5) is 4.13. The lowest BCUT2D eigenvalue weighted by atomic mass is 10.1. The van der Waals surface area contributed by atoms with Crippen molar-refractivity contribution in [3.05, 3.63) is 51.6 Å². The fourth-order valence-corrected chi connectivity index (χ4v) is 2.32. The van der Waals surface area contributed by atoms with Gasteiger partial charge in [0.25, 0.3) is 0 Å². The van der Waals surface area contributed by atoms with Crippen molar-refractivity contribution in [3.63, 3.8) is 0 Å². The van der Waals surface area contributed by atoms with E-state index in [1.165, 1.54) is 5.56 Å². The van der Waals surface area contributed by atoms with Crippen LogP contribution in [0.3, 0.4) is 0 Å². The zero-order chi connectivity index (χ0) is 13.0. The van der Waals surface area contributed by atoms with Crippen LogP contribution in [0.2, 0.25) is 5.02 Å². The topological polar surface area (TPSA) is 22.1 Å². The molecule has 0 aliphatic heterocycles. The molecular weight excluding hydrogens is 314 g/mol. The first-order valence-electron chi connectivity index (χ1n) is 5.77. The standard InChI is InChI=1S/C14H13BrClNO/c1-2-3-10-4-6-12(7-5-10)18-14-13(15)8-11(16)9-17-14/h4-9H,2-3H2,1H3. The third-order valence-corrected chi connectivity index (χ3v) is 3.23. The Labute approximate surface area is 120 Å². The van der Waals surface area contributed by atoms with Crippen LogP contribution < -0.4 is 4.74 Å². The first kappa shape index (κ1) is 13.4. The number of ether oxygens (including phenoxy) is 1. The van der Waals surface area contributed by atoms with Crippen LogP contribution in [0.4, 0.5) is 0 Å². The van der Waals surface area contributed by atoms with Gasteiger partial charge in [-0.05, 0) is 46.1 Å². The summed E-state index contributed by atoms with van der Waals surface area (Å²) in [7, 11) is 0. The molecule has 2 nitrogen and oxygen atoms in total. The summed E-state index contributed by atoms with van der Waals surface area (Å²) < 4.78 is 6.42. The number of rotatable bonds is 4. The monoisotopic (exact) mass is 325 g/mol. The van der Waals surface area contributed by atoms with Gasteiger partial charge in [-0.3, -0.25) is 0 Å². The van der Waals surface area contributed by atoms with Crippen LogP contribution in [0.15, 0.2) is 41.0 Å². The summed E-state index contributed by atoms with van der Waals surface area (Å²) in [5, 5.41) is 0.576. The third kappa shape index (κ3) is 3.47. The Morgan fingerprint density at radius 3 is 2.61 bits per heavy atom. The third-order valence-electron chi connectivity index (χ3n) is 2.45. The second-order valence-corrected chi connectivity index (χ2v) is 5.23. The molecule has 0 radical (unpaired) electrons. The number of halogens is 2. The Balaban J connectivity index is 2.13. The Bertz CT molecular complexity index is 528. The zero-order valence-electron chi connectivity index (χ0n) is 9.99. The van der Waals surface area contributed by atoms with Gasteiger partial charge in [-0.15, -0.1) is 0 Å². The van der Waals surface area contributed by atoms with Gasteiger partial charge in [0, 0.05) is 6.20 Å². The molecule has 1 aromatic carbocycles. The zero-order valence-corrected chi connectivity index (χ0v) is 12.3. The van der Waals surface area contributed by atoms with E-state index >= 15 is 0 Å². The SMILES string of the molecule is CCCc1ccc(Oc2ncc(Cl)cc2Br)cc1. The number of benzene rings is 1. The molecule has 1 heterocycles. The molecule has 0 bridgehead atoms. The number of nitrogens with zero attached hydrogens (tertiary/aromatic N) is 1. The second-order valence-electron chi connectivity index (χ2n) is 3.94. The van der Waals surface area contributed by atoms with E-state index in [1.807, 2.05) is 12.1 Å². The summed E-state index contributed by atoms with van der Waals surface area (Å²) in [6.45, 7) is 2.17. The number of aryl methyl sites for hydroxylation is 1. The lowest BCUT2D eigenvalue weighted by Gasteiger charge is -2.07. The van der Waals surface area contributed by atoms with Gasteiger partial charge in [0.1, 0.15) is 5.75 Å². The first-order valence-corrected chi connectivity index (χ1v) is 6.94. The molecule has 0 saturated heterocycles. The summed E-state index contributed by atoms with van der Waals surface area (Å²) in [5.74, 6) is 1.29. The number of aromatic nitrogens is 1. The van der Waals surface area contributed by atoms with E-state index in [0.717, 1.165) is 23.1 Å². The van der Waals surface area contributed by atoms with Crippen LogP contribution >= 0.6 is 27.5 Å². The lowest BCUT2D eigenvalue weighted by Crippen LogP contribution is -1.90. The Morgan fingerprint density at radius 2 is 2.00 bits per heavy atom. The van der Waals surface area contributed by atoms with E-state index in [-0.39, 0.29) is 0 Å². The highest BCUT2D eigenvalue weighted by atomic mass is 79.9. The molecule has 1 aromatic heterocycles. The van der Waals surface area contributed by atoms with Crippen LogP contribution in [0.1, 0.15) is 18.9 Å². The smallest absolute Gasteiger partial charge is 0.233 e. The van der Waals surface area contributed by atoms with Crippen molar-refractivity contribution in [2.24, 2.45) is 0 Å².